The number of rotatable bonds is 4. The summed E-state index contributed by atoms with van der Waals surface area (Å²) < 4.78 is 6.30. The van der Waals surface area contributed by atoms with Crippen LogP contribution in [0.2, 0.25) is 0 Å². The topological polar surface area (TPSA) is 25.2 Å². The van der Waals surface area contributed by atoms with E-state index in [1.807, 2.05) is 18.2 Å². The van der Waals surface area contributed by atoms with Gasteiger partial charge in [-0.05, 0) is 86.3 Å². The van der Waals surface area contributed by atoms with Gasteiger partial charge in [-0.2, -0.15) is 0 Å². The number of fused-ring (bicyclic) bond motifs is 6. The first-order chi connectivity index (χ1) is 19.8. The van der Waals surface area contributed by atoms with Crippen LogP contribution in [0.15, 0.2) is 150 Å². The van der Waals surface area contributed by atoms with E-state index in [1.54, 1.807) is 0 Å². The van der Waals surface area contributed by atoms with E-state index in [-0.39, 0.29) is 0 Å². The highest BCUT2D eigenvalue weighted by molar-refractivity contribution is 6.13. The van der Waals surface area contributed by atoms with Crippen molar-refractivity contribution in [2.24, 2.45) is 0 Å². The third-order valence-corrected chi connectivity index (χ3v) is 7.85. The summed E-state index contributed by atoms with van der Waals surface area (Å²) in [5.74, 6) is 0. The van der Waals surface area contributed by atoms with Gasteiger partial charge in [-0.15, -0.1) is 0 Å². The average molecular weight is 512 g/mol. The van der Waals surface area contributed by atoms with Gasteiger partial charge in [0.1, 0.15) is 11.2 Å². The Morgan fingerprint density at radius 2 is 1.07 bits per heavy atom. The zero-order chi connectivity index (χ0) is 26.5. The highest BCUT2D eigenvalue weighted by atomic mass is 16.3. The zero-order valence-electron chi connectivity index (χ0n) is 21.8. The lowest BCUT2D eigenvalue weighted by Crippen LogP contribution is -1.91. The first-order valence-electron chi connectivity index (χ1n) is 13.6. The van der Waals surface area contributed by atoms with Crippen LogP contribution < -0.4 is 5.32 Å². The number of nitrogens with one attached hydrogen (secondary N) is 1. The number of benzene rings is 7. The molecule has 0 atom stereocenters. The Kier molecular flexibility index (Phi) is 5.17. The maximum Gasteiger partial charge on any atom is 0.137 e. The molecule has 0 aliphatic rings. The fourth-order valence-corrected chi connectivity index (χ4v) is 5.82. The monoisotopic (exact) mass is 511 g/mol. The Morgan fingerprint density at radius 1 is 0.400 bits per heavy atom. The van der Waals surface area contributed by atoms with Crippen LogP contribution >= 0.6 is 0 Å². The van der Waals surface area contributed by atoms with Crippen molar-refractivity contribution in [1.29, 1.82) is 0 Å². The molecule has 0 unspecified atom stereocenters. The summed E-state index contributed by atoms with van der Waals surface area (Å²) in [5.41, 5.74) is 8.59. The van der Waals surface area contributed by atoms with Crippen molar-refractivity contribution in [3.63, 3.8) is 0 Å². The molecule has 7 aromatic carbocycles. The van der Waals surface area contributed by atoms with Crippen molar-refractivity contribution >= 4 is 54.9 Å². The second-order valence-corrected chi connectivity index (χ2v) is 10.3. The van der Waals surface area contributed by atoms with Gasteiger partial charge in [-0.1, -0.05) is 103 Å². The molecule has 0 radical (unpaired) electrons. The SMILES string of the molecule is c1ccc(-c2ccc3c(c2)oc2cccc(Nc4ccc(-c5ccc6ccc7ccccc7c6c5)cc4)c23)cc1. The van der Waals surface area contributed by atoms with Gasteiger partial charge in [0.15, 0.2) is 0 Å². The lowest BCUT2D eigenvalue weighted by Gasteiger charge is -2.10. The summed E-state index contributed by atoms with van der Waals surface area (Å²) >= 11 is 0. The Balaban J connectivity index is 1.13. The van der Waals surface area contributed by atoms with E-state index in [4.69, 9.17) is 4.42 Å². The van der Waals surface area contributed by atoms with E-state index in [2.05, 4.69) is 133 Å². The van der Waals surface area contributed by atoms with Gasteiger partial charge in [-0.3, -0.25) is 0 Å². The molecule has 0 bridgehead atoms. The predicted molar refractivity (Wildman–Crippen MR) is 169 cm³/mol. The molecule has 8 aromatic rings. The van der Waals surface area contributed by atoms with E-state index in [0.717, 1.165) is 38.9 Å². The lowest BCUT2D eigenvalue weighted by molar-refractivity contribution is 0.669. The minimum Gasteiger partial charge on any atom is -0.456 e. The van der Waals surface area contributed by atoms with Crippen LogP contribution in [0, 0.1) is 0 Å². The van der Waals surface area contributed by atoms with E-state index in [0.29, 0.717) is 0 Å². The van der Waals surface area contributed by atoms with E-state index in [1.165, 1.54) is 38.2 Å². The fraction of sp³-hybridized carbons (Fsp3) is 0. The smallest absolute Gasteiger partial charge is 0.137 e. The Hall–Kier alpha value is -5.34. The molecule has 0 aliphatic carbocycles. The van der Waals surface area contributed by atoms with Crippen molar-refractivity contribution in [2.75, 3.05) is 5.32 Å². The standard InChI is InChI=1S/C38H25NO/c1-2-7-25(8-3-1)30-19-22-33-37(24-30)40-36-12-6-11-35(38(33)36)39-31-20-17-26(18-21-31)29-16-15-28-14-13-27-9-4-5-10-32(27)34(28)23-29/h1-24,39H. The molecule has 1 heterocycles. The van der Waals surface area contributed by atoms with Gasteiger partial charge in [0.2, 0.25) is 0 Å². The zero-order valence-corrected chi connectivity index (χ0v) is 21.8. The summed E-state index contributed by atoms with van der Waals surface area (Å²) in [6.45, 7) is 0. The molecule has 0 saturated heterocycles. The number of anilines is 2. The molecule has 8 rings (SSSR count). The normalized spacial score (nSPS) is 11.5. The molecule has 0 fully saturated rings. The molecule has 40 heavy (non-hydrogen) atoms. The Morgan fingerprint density at radius 3 is 1.95 bits per heavy atom. The van der Waals surface area contributed by atoms with Crippen LogP contribution in [0.25, 0.3) is 65.7 Å². The molecule has 0 saturated carbocycles. The van der Waals surface area contributed by atoms with Gasteiger partial charge >= 0.3 is 0 Å². The molecule has 1 aromatic heterocycles. The minimum atomic E-state index is 0.880. The highest BCUT2D eigenvalue weighted by Crippen LogP contribution is 2.38. The summed E-state index contributed by atoms with van der Waals surface area (Å²) in [5, 5.41) is 11.0. The van der Waals surface area contributed by atoms with Crippen LogP contribution in [-0.2, 0) is 0 Å². The Labute approximate surface area is 232 Å². The van der Waals surface area contributed by atoms with Gasteiger partial charge in [0, 0.05) is 11.1 Å². The number of furan rings is 1. The molecule has 2 nitrogen and oxygen atoms in total. The molecular formula is C38H25NO. The van der Waals surface area contributed by atoms with E-state index < -0.39 is 0 Å². The Bertz CT molecular complexity index is 2170. The summed E-state index contributed by atoms with van der Waals surface area (Å²) in [7, 11) is 0. The van der Waals surface area contributed by atoms with Crippen molar-refractivity contribution < 1.29 is 4.42 Å². The quantitative estimate of drug-likeness (QED) is 0.238. The largest absolute Gasteiger partial charge is 0.456 e. The average Bonchev–Trinajstić information content (AvgIpc) is 3.40. The first kappa shape index (κ1) is 22.6. The number of hydrogen-bond acceptors (Lipinski definition) is 2. The summed E-state index contributed by atoms with van der Waals surface area (Å²) in [4.78, 5) is 0. The predicted octanol–water partition coefficient (Wildman–Crippen LogP) is 11.0. The van der Waals surface area contributed by atoms with Crippen LogP contribution in [-0.4, -0.2) is 0 Å². The van der Waals surface area contributed by atoms with Crippen LogP contribution in [0.5, 0.6) is 0 Å². The molecule has 0 spiro atoms. The number of hydrogen-bond donors (Lipinski definition) is 1. The second kappa shape index (κ2) is 9.14. The fourth-order valence-electron chi connectivity index (χ4n) is 5.82. The molecule has 188 valence electrons. The van der Waals surface area contributed by atoms with Gasteiger partial charge in [0.05, 0.1) is 11.1 Å². The van der Waals surface area contributed by atoms with Crippen LogP contribution in [0.1, 0.15) is 0 Å². The molecule has 0 amide bonds. The van der Waals surface area contributed by atoms with Crippen molar-refractivity contribution in [3.05, 3.63) is 146 Å². The molecule has 0 aliphatic heterocycles. The van der Waals surface area contributed by atoms with Gasteiger partial charge in [-0.25, -0.2) is 0 Å². The van der Waals surface area contributed by atoms with Crippen LogP contribution in [0.3, 0.4) is 0 Å². The molecule has 1 N–H and O–H groups in total. The van der Waals surface area contributed by atoms with E-state index in [9.17, 15) is 0 Å². The van der Waals surface area contributed by atoms with Crippen LogP contribution in [0.4, 0.5) is 11.4 Å². The molecule has 2 heteroatoms. The second-order valence-electron chi connectivity index (χ2n) is 10.3. The first-order valence-corrected chi connectivity index (χ1v) is 13.6. The van der Waals surface area contributed by atoms with Crippen molar-refractivity contribution in [3.8, 4) is 22.3 Å². The van der Waals surface area contributed by atoms with Gasteiger partial charge < -0.3 is 9.73 Å². The maximum atomic E-state index is 6.30. The maximum absolute atomic E-state index is 6.30. The third kappa shape index (κ3) is 3.81. The van der Waals surface area contributed by atoms with Gasteiger partial charge in [0.25, 0.3) is 0 Å². The van der Waals surface area contributed by atoms with Crippen molar-refractivity contribution in [2.45, 2.75) is 0 Å². The lowest BCUT2D eigenvalue weighted by atomic mass is 9.97. The van der Waals surface area contributed by atoms with Crippen molar-refractivity contribution in [1.82, 2.24) is 0 Å². The minimum absolute atomic E-state index is 0.880. The summed E-state index contributed by atoms with van der Waals surface area (Å²) in [6.07, 6.45) is 0. The summed E-state index contributed by atoms with van der Waals surface area (Å²) in [6, 6.07) is 51.5. The highest BCUT2D eigenvalue weighted by Gasteiger charge is 2.13. The third-order valence-electron chi connectivity index (χ3n) is 7.85. The molecular weight excluding hydrogens is 486 g/mol. The van der Waals surface area contributed by atoms with E-state index >= 15 is 0 Å².